The van der Waals surface area contributed by atoms with E-state index in [9.17, 15) is 18.0 Å². The second kappa shape index (κ2) is 15.2. The van der Waals surface area contributed by atoms with Gasteiger partial charge < -0.3 is 10.2 Å². The third-order valence-electron chi connectivity index (χ3n) is 8.63. The Morgan fingerprint density at radius 2 is 1.28 bits per heavy atom. The van der Waals surface area contributed by atoms with E-state index < -0.39 is 28.5 Å². The van der Waals surface area contributed by atoms with Crippen molar-refractivity contribution in [3.05, 3.63) is 131 Å². The average Bonchev–Trinajstić information content (AvgIpc) is 3.07. The molecule has 1 unspecified atom stereocenters. The summed E-state index contributed by atoms with van der Waals surface area (Å²) in [6.07, 6.45) is 5.39. The molecule has 0 saturated heterocycles. The van der Waals surface area contributed by atoms with Crippen molar-refractivity contribution in [3.8, 4) is 0 Å². The summed E-state index contributed by atoms with van der Waals surface area (Å²) in [5.41, 5.74) is 4.04. The van der Waals surface area contributed by atoms with Crippen LogP contribution < -0.4 is 9.62 Å². The van der Waals surface area contributed by atoms with Crippen LogP contribution in [0.15, 0.2) is 114 Å². The predicted octanol–water partition coefficient (Wildman–Crippen LogP) is 6.59. The lowest BCUT2D eigenvalue weighted by atomic mass is 9.94. The summed E-state index contributed by atoms with van der Waals surface area (Å²) in [5, 5.41) is 3.25. The van der Waals surface area contributed by atoms with Gasteiger partial charge in [0.05, 0.1) is 10.6 Å². The first-order valence-corrected chi connectivity index (χ1v) is 17.5. The van der Waals surface area contributed by atoms with E-state index in [0.29, 0.717) is 12.1 Å². The number of sulfonamides is 1. The number of hydrogen-bond donors (Lipinski definition) is 1. The SMILES string of the molecule is Cc1ccc(N(CC(=O)N(Cc2ccccc2)C(Cc2ccccc2)C(=O)NC2CCCCC2)S(=O)(=O)c2ccc(C)cc2)cc1. The van der Waals surface area contributed by atoms with Gasteiger partial charge in [0.2, 0.25) is 11.8 Å². The molecule has 46 heavy (non-hydrogen) atoms. The zero-order chi connectivity index (χ0) is 32.5. The zero-order valence-corrected chi connectivity index (χ0v) is 27.5. The standard InChI is InChI=1S/C38H43N3O4S/c1-29-18-22-34(23-19-29)41(46(44,45)35-24-20-30(2)21-25-35)28-37(42)40(27-32-14-8-4-9-15-32)36(26-31-12-6-3-7-13-31)38(43)39-33-16-10-5-11-17-33/h3-4,6-9,12-15,18-25,33,36H,5,10-11,16-17,26-28H2,1-2H3,(H,39,43). The molecule has 1 aliphatic rings. The summed E-state index contributed by atoms with van der Waals surface area (Å²) in [4.78, 5) is 30.4. The molecule has 1 N–H and O–H groups in total. The van der Waals surface area contributed by atoms with Crippen LogP contribution >= 0.6 is 0 Å². The highest BCUT2D eigenvalue weighted by Gasteiger charge is 2.35. The molecule has 1 fully saturated rings. The van der Waals surface area contributed by atoms with Crippen LogP contribution in [0.1, 0.15) is 54.4 Å². The Morgan fingerprint density at radius 3 is 1.87 bits per heavy atom. The van der Waals surface area contributed by atoms with E-state index in [1.54, 1.807) is 41.3 Å². The summed E-state index contributed by atoms with van der Waals surface area (Å²) in [6.45, 7) is 3.51. The first kappa shape index (κ1) is 32.9. The van der Waals surface area contributed by atoms with E-state index in [1.807, 2.05) is 86.6 Å². The zero-order valence-electron chi connectivity index (χ0n) is 26.6. The third kappa shape index (κ3) is 8.43. The van der Waals surface area contributed by atoms with Gasteiger partial charge in [-0.05, 0) is 62.1 Å². The van der Waals surface area contributed by atoms with Crippen LogP contribution in [-0.2, 0) is 32.6 Å². The van der Waals surface area contributed by atoms with Crippen LogP contribution in [0.2, 0.25) is 0 Å². The minimum absolute atomic E-state index is 0.0548. The normalized spacial score (nSPS) is 14.3. The van der Waals surface area contributed by atoms with Crippen molar-refractivity contribution >= 4 is 27.5 Å². The smallest absolute Gasteiger partial charge is 0.264 e. The van der Waals surface area contributed by atoms with E-state index >= 15 is 0 Å². The first-order valence-electron chi connectivity index (χ1n) is 16.0. The average molecular weight is 638 g/mol. The van der Waals surface area contributed by atoms with E-state index in [4.69, 9.17) is 0 Å². The van der Waals surface area contributed by atoms with Crippen molar-refractivity contribution in [1.82, 2.24) is 10.2 Å². The van der Waals surface area contributed by atoms with E-state index in [1.165, 1.54) is 0 Å². The Kier molecular flexibility index (Phi) is 10.9. The number of carbonyl (C=O) groups is 2. The summed E-state index contributed by atoms with van der Waals surface area (Å²) in [7, 11) is -4.13. The Labute approximate surface area is 273 Å². The maximum absolute atomic E-state index is 14.6. The minimum atomic E-state index is -4.13. The van der Waals surface area contributed by atoms with Crippen molar-refractivity contribution in [2.24, 2.45) is 0 Å². The lowest BCUT2D eigenvalue weighted by Crippen LogP contribution is -2.55. The molecule has 5 rings (SSSR count). The highest BCUT2D eigenvalue weighted by Crippen LogP contribution is 2.26. The lowest BCUT2D eigenvalue weighted by molar-refractivity contribution is -0.140. The highest BCUT2D eigenvalue weighted by atomic mass is 32.2. The number of nitrogens with one attached hydrogen (secondary N) is 1. The molecule has 2 amide bonds. The van der Waals surface area contributed by atoms with Crippen LogP contribution in [0.3, 0.4) is 0 Å². The monoisotopic (exact) mass is 637 g/mol. The fraction of sp³-hybridized carbons (Fsp3) is 0.316. The molecular weight excluding hydrogens is 595 g/mol. The summed E-state index contributed by atoms with van der Waals surface area (Å²) >= 11 is 0. The van der Waals surface area contributed by atoms with Crippen LogP contribution in [0, 0.1) is 13.8 Å². The van der Waals surface area contributed by atoms with Gasteiger partial charge in [0.15, 0.2) is 0 Å². The van der Waals surface area contributed by atoms with Crippen molar-refractivity contribution in [2.75, 3.05) is 10.8 Å². The quantitative estimate of drug-likeness (QED) is 0.190. The van der Waals surface area contributed by atoms with Crippen molar-refractivity contribution < 1.29 is 18.0 Å². The van der Waals surface area contributed by atoms with Gasteiger partial charge in [0, 0.05) is 19.0 Å². The van der Waals surface area contributed by atoms with Gasteiger partial charge in [-0.2, -0.15) is 0 Å². The van der Waals surface area contributed by atoms with Gasteiger partial charge in [-0.15, -0.1) is 0 Å². The Bertz CT molecular complexity index is 1690. The molecule has 0 heterocycles. The number of benzene rings is 4. The Hall–Kier alpha value is -4.43. The molecule has 8 heteroatoms. The van der Waals surface area contributed by atoms with Crippen LogP contribution in [0.25, 0.3) is 0 Å². The van der Waals surface area contributed by atoms with Gasteiger partial charge in [-0.3, -0.25) is 13.9 Å². The molecule has 0 bridgehead atoms. The molecule has 0 aliphatic heterocycles. The molecule has 240 valence electrons. The molecule has 0 aromatic heterocycles. The molecular formula is C38H43N3O4S. The predicted molar refractivity (Wildman–Crippen MR) is 183 cm³/mol. The number of nitrogens with zero attached hydrogens (tertiary/aromatic N) is 2. The fourth-order valence-electron chi connectivity index (χ4n) is 5.96. The molecule has 0 radical (unpaired) electrons. The van der Waals surface area contributed by atoms with Crippen molar-refractivity contribution in [3.63, 3.8) is 0 Å². The molecule has 1 atom stereocenters. The lowest BCUT2D eigenvalue weighted by Gasteiger charge is -2.35. The fourth-order valence-corrected chi connectivity index (χ4v) is 7.37. The summed E-state index contributed by atoms with van der Waals surface area (Å²) in [6, 6.07) is 32.1. The van der Waals surface area contributed by atoms with Gasteiger partial charge in [-0.25, -0.2) is 8.42 Å². The maximum Gasteiger partial charge on any atom is 0.264 e. The van der Waals surface area contributed by atoms with Crippen LogP contribution in [0.4, 0.5) is 5.69 Å². The van der Waals surface area contributed by atoms with E-state index in [-0.39, 0.29) is 23.4 Å². The van der Waals surface area contributed by atoms with Crippen molar-refractivity contribution in [2.45, 2.75) is 75.9 Å². The maximum atomic E-state index is 14.6. The minimum Gasteiger partial charge on any atom is -0.352 e. The number of hydrogen-bond acceptors (Lipinski definition) is 4. The largest absolute Gasteiger partial charge is 0.352 e. The summed E-state index contributed by atoms with van der Waals surface area (Å²) in [5.74, 6) is -0.678. The number of rotatable bonds is 12. The van der Waals surface area contributed by atoms with E-state index in [0.717, 1.165) is 58.7 Å². The second-order valence-corrected chi connectivity index (χ2v) is 14.1. The molecule has 0 spiro atoms. The van der Waals surface area contributed by atoms with Crippen LogP contribution in [-0.4, -0.2) is 43.8 Å². The third-order valence-corrected chi connectivity index (χ3v) is 10.4. The Morgan fingerprint density at radius 1 is 0.739 bits per heavy atom. The summed E-state index contributed by atoms with van der Waals surface area (Å²) < 4.78 is 29.5. The number of amides is 2. The van der Waals surface area contributed by atoms with Gasteiger partial charge >= 0.3 is 0 Å². The molecule has 7 nitrogen and oxygen atoms in total. The topological polar surface area (TPSA) is 86.8 Å². The first-order chi connectivity index (χ1) is 22.2. The Balaban J connectivity index is 1.54. The molecule has 4 aromatic rings. The van der Waals surface area contributed by atoms with Gasteiger partial charge in [0.1, 0.15) is 12.6 Å². The number of aryl methyl sites for hydroxylation is 2. The highest BCUT2D eigenvalue weighted by molar-refractivity contribution is 7.92. The number of carbonyl (C=O) groups excluding carboxylic acids is 2. The van der Waals surface area contributed by atoms with Crippen LogP contribution in [0.5, 0.6) is 0 Å². The van der Waals surface area contributed by atoms with Crippen molar-refractivity contribution in [1.29, 1.82) is 0 Å². The van der Waals surface area contributed by atoms with Gasteiger partial charge in [0.25, 0.3) is 10.0 Å². The van der Waals surface area contributed by atoms with E-state index in [2.05, 4.69) is 5.32 Å². The number of anilines is 1. The molecule has 1 saturated carbocycles. The second-order valence-electron chi connectivity index (χ2n) is 12.2. The molecule has 1 aliphatic carbocycles. The van der Waals surface area contributed by atoms with Gasteiger partial charge in [-0.1, -0.05) is 115 Å². The molecule has 4 aromatic carbocycles.